The molecule has 5 nitrogen and oxygen atoms in total. The lowest BCUT2D eigenvalue weighted by Crippen LogP contribution is -2.35. The van der Waals surface area contributed by atoms with E-state index >= 15 is 0 Å². The van der Waals surface area contributed by atoms with E-state index in [9.17, 15) is 4.79 Å². The highest BCUT2D eigenvalue weighted by Crippen LogP contribution is 2.33. The Kier molecular flexibility index (Phi) is 4.92. The van der Waals surface area contributed by atoms with Crippen LogP contribution in [0.1, 0.15) is 22.8 Å². The highest BCUT2D eigenvalue weighted by molar-refractivity contribution is 6.32. The average Bonchev–Trinajstić information content (AvgIpc) is 3.03. The molecule has 0 saturated carbocycles. The van der Waals surface area contributed by atoms with E-state index in [1.165, 1.54) is 5.56 Å². The molecule has 1 unspecified atom stereocenters. The predicted octanol–water partition coefficient (Wildman–Crippen LogP) is 5.08. The van der Waals surface area contributed by atoms with Crippen LogP contribution in [-0.2, 0) is 6.42 Å². The second kappa shape index (κ2) is 7.52. The zero-order valence-corrected chi connectivity index (χ0v) is 16.4. The van der Waals surface area contributed by atoms with Crippen molar-refractivity contribution in [3.05, 3.63) is 76.9 Å². The molecule has 3 aromatic rings. The van der Waals surface area contributed by atoms with Crippen molar-refractivity contribution in [3.8, 4) is 5.75 Å². The van der Waals surface area contributed by atoms with Crippen LogP contribution in [0, 0.1) is 0 Å². The molecule has 28 heavy (non-hydrogen) atoms. The van der Waals surface area contributed by atoms with Gasteiger partial charge in [0.2, 0.25) is 0 Å². The van der Waals surface area contributed by atoms with Crippen LogP contribution in [0.4, 0.5) is 17.2 Å². The summed E-state index contributed by atoms with van der Waals surface area (Å²) in [6.45, 7) is 2.07. The Morgan fingerprint density at radius 1 is 1.21 bits per heavy atom. The monoisotopic (exact) mass is 393 g/mol. The summed E-state index contributed by atoms with van der Waals surface area (Å²) in [4.78, 5) is 19.4. The van der Waals surface area contributed by atoms with Crippen LogP contribution in [-0.4, -0.2) is 24.0 Å². The summed E-state index contributed by atoms with van der Waals surface area (Å²) in [7, 11) is 1.57. The maximum atomic E-state index is 13.2. The van der Waals surface area contributed by atoms with Gasteiger partial charge in [0.15, 0.2) is 0 Å². The van der Waals surface area contributed by atoms with Gasteiger partial charge in [0.1, 0.15) is 11.6 Å². The van der Waals surface area contributed by atoms with Crippen molar-refractivity contribution in [1.29, 1.82) is 0 Å². The molecular weight excluding hydrogens is 374 g/mol. The first-order valence-corrected chi connectivity index (χ1v) is 9.42. The molecule has 0 bridgehead atoms. The zero-order valence-electron chi connectivity index (χ0n) is 15.6. The zero-order chi connectivity index (χ0) is 19.7. The molecule has 0 radical (unpaired) electrons. The number of nitrogens with zero attached hydrogens (tertiary/aromatic N) is 2. The molecule has 2 aromatic carbocycles. The molecule has 1 N–H and O–H groups in total. The van der Waals surface area contributed by atoms with Crippen molar-refractivity contribution < 1.29 is 9.53 Å². The van der Waals surface area contributed by atoms with Crippen LogP contribution in [0.2, 0.25) is 5.02 Å². The van der Waals surface area contributed by atoms with Gasteiger partial charge in [-0.2, -0.15) is 0 Å². The fourth-order valence-electron chi connectivity index (χ4n) is 3.54. The molecule has 0 spiro atoms. The minimum Gasteiger partial charge on any atom is -0.495 e. The molecule has 1 aliphatic heterocycles. The summed E-state index contributed by atoms with van der Waals surface area (Å²) >= 11 is 6.18. The van der Waals surface area contributed by atoms with Crippen molar-refractivity contribution in [2.24, 2.45) is 0 Å². The van der Waals surface area contributed by atoms with Gasteiger partial charge < -0.3 is 15.0 Å². The van der Waals surface area contributed by atoms with Gasteiger partial charge in [0.05, 0.1) is 12.1 Å². The van der Waals surface area contributed by atoms with Crippen molar-refractivity contribution in [2.45, 2.75) is 19.4 Å². The molecule has 1 aliphatic rings. The first-order valence-electron chi connectivity index (χ1n) is 9.05. The molecule has 1 atom stereocenters. The summed E-state index contributed by atoms with van der Waals surface area (Å²) in [6, 6.07) is 17.0. The quantitative estimate of drug-likeness (QED) is 0.671. The van der Waals surface area contributed by atoms with Gasteiger partial charge >= 0.3 is 0 Å². The van der Waals surface area contributed by atoms with Crippen LogP contribution < -0.4 is 15.0 Å². The summed E-state index contributed by atoms with van der Waals surface area (Å²) in [5.41, 5.74) is 3.53. The minimum absolute atomic E-state index is 0.0318. The first kappa shape index (κ1) is 18.3. The number of carbonyl (C=O) groups excluding carboxylic acids is 1. The molecule has 6 heteroatoms. The van der Waals surface area contributed by atoms with Crippen LogP contribution in [0.5, 0.6) is 5.75 Å². The van der Waals surface area contributed by atoms with E-state index in [4.69, 9.17) is 16.3 Å². The Labute approximate surface area is 168 Å². The fraction of sp³-hybridized carbons (Fsp3) is 0.182. The Balaban J connectivity index is 1.59. The second-order valence-corrected chi connectivity index (χ2v) is 7.17. The molecule has 0 saturated heterocycles. The number of benzene rings is 2. The maximum absolute atomic E-state index is 13.2. The number of aromatic nitrogens is 1. The van der Waals surface area contributed by atoms with Gasteiger partial charge in [0.25, 0.3) is 5.91 Å². The van der Waals surface area contributed by atoms with E-state index < -0.39 is 0 Å². The summed E-state index contributed by atoms with van der Waals surface area (Å²) in [6.07, 6.45) is 2.50. The number of carbonyl (C=O) groups is 1. The average molecular weight is 394 g/mol. The summed E-state index contributed by atoms with van der Waals surface area (Å²) in [5, 5.41) is 3.69. The lowest BCUT2D eigenvalue weighted by Gasteiger charge is -2.23. The van der Waals surface area contributed by atoms with Gasteiger partial charge in [-0.05, 0) is 55.3 Å². The molecule has 1 aromatic heterocycles. The Bertz CT molecular complexity index is 1040. The third kappa shape index (κ3) is 3.41. The number of para-hydroxylation sites is 1. The smallest absolute Gasteiger partial charge is 0.258 e. The molecule has 4 rings (SSSR count). The molecule has 2 heterocycles. The number of hydrogen-bond donors (Lipinski definition) is 1. The van der Waals surface area contributed by atoms with Crippen molar-refractivity contribution in [1.82, 2.24) is 4.98 Å². The third-order valence-corrected chi connectivity index (χ3v) is 5.15. The van der Waals surface area contributed by atoms with Crippen LogP contribution >= 0.6 is 11.6 Å². The Hall–Kier alpha value is -3.05. The molecule has 0 aliphatic carbocycles. The lowest BCUT2D eigenvalue weighted by atomic mass is 10.1. The van der Waals surface area contributed by atoms with Gasteiger partial charge in [-0.3, -0.25) is 4.79 Å². The number of nitrogens with one attached hydrogen (secondary N) is 1. The lowest BCUT2D eigenvalue weighted by molar-refractivity contribution is 0.0981. The SMILES string of the molecule is COc1ccc(Nc2cc(C(=O)N3c4ccccc4CC3C)ccn2)cc1Cl. The van der Waals surface area contributed by atoms with E-state index in [1.54, 1.807) is 37.6 Å². The van der Waals surface area contributed by atoms with Gasteiger partial charge in [-0.25, -0.2) is 4.98 Å². The van der Waals surface area contributed by atoms with E-state index in [-0.39, 0.29) is 11.9 Å². The maximum Gasteiger partial charge on any atom is 0.258 e. The van der Waals surface area contributed by atoms with Crippen molar-refractivity contribution >= 4 is 34.7 Å². The molecular formula is C22H20ClN3O2. The molecule has 0 fully saturated rings. The highest BCUT2D eigenvalue weighted by atomic mass is 35.5. The topological polar surface area (TPSA) is 54.5 Å². The highest BCUT2D eigenvalue weighted by Gasteiger charge is 2.31. The van der Waals surface area contributed by atoms with Crippen molar-refractivity contribution in [2.75, 3.05) is 17.3 Å². The van der Waals surface area contributed by atoms with Crippen LogP contribution in [0.15, 0.2) is 60.8 Å². The number of amides is 1. The third-order valence-electron chi connectivity index (χ3n) is 4.86. The number of pyridine rings is 1. The molecule has 142 valence electrons. The van der Waals surface area contributed by atoms with E-state index in [0.29, 0.717) is 22.2 Å². The van der Waals surface area contributed by atoms with Gasteiger partial charge in [0, 0.05) is 29.2 Å². The Morgan fingerprint density at radius 2 is 2.04 bits per heavy atom. The van der Waals surface area contributed by atoms with Gasteiger partial charge in [-0.1, -0.05) is 29.8 Å². The number of rotatable bonds is 4. The number of fused-ring (bicyclic) bond motifs is 1. The fourth-order valence-corrected chi connectivity index (χ4v) is 3.80. The number of methoxy groups -OCH3 is 1. The van der Waals surface area contributed by atoms with Crippen LogP contribution in [0.25, 0.3) is 0 Å². The number of ether oxygens (including phenoxy) is 1. The summed E-state index contributed by atoms with van der Waals surface area (Å²) in [5.74, 6) is 1.15. The normalized spacial score (nSPS) is 15.2. The number of halogens is 1. The standard InChI is InChI=1S/C22H20ClN3O2/c1-14-11-15-5-3-4-6-19(15)26(14)22(27)16-9-10-24-21(12-16)25-17-7-8-20(28-2)18(23)13-17/h3-10,12-14H,11H2,1-2H3,(H,24,25). The van der Waals surface area contributed by atoms with Crippen LogP contribution in [0.3, 0.4) is 0 Å². The van der Waals surface area contributed by atoms with E-state index in [0.717, 1.165) is 17.8 Å². The second-order valence-electron chi connectivity index (χ2n) is 6.76. The molecule has 1 amide bonds. The number of anilines is 3. The van der Waals surface area contributed by atoms with E-state index in [1.807, 2.05) is 29.2 Å². The van der Waals surface area contributed by atoms with Gasteiger partial charge in [-0.15, -0.1) is 0 Å². The predicted molar refractivity (Wildman–Crippen MR) is 112 cm³/mol. The van der Waals surface area contributed by atoms with Crippen molar-refractivity contribution in [3.63, 3.8) is 0 Å². The largest absolute Gasteiger partial charge is 0.495 e. The van der Waals surface area contributed by atoms with E-state index in [2.05, 4.69) is 23.3 Å². The first-order chi connectivity index (χ1) is 13.6. The number of hydrogen-bond acceptors (Lipinski definition) is 4. The summed E-state index contributed by atoms with van der Waals surface area (Å²) < 4.78 is 5.17. The Morgan fingerprint density at radius 3 is 2.82 bits per heavy atom. The minimum atomic E-state index is -0.0318.